The highest BCUT2D eigenvalue weighted by molar-refractivity contribution is 5.69. The van der Waals surface area contributed by atoms with Crippen LogP contribution in [0.5, 0.6) is 5.75 Å². The van der Waals surface area contributed by atoms with Gasteiger partial charge in [0.2, 0.25) is 0 Å². The molecule has 0 radical (unpaired) electrons. The lowest BCUT2D eigenvalue weighted by Crippen LogP contribution is -2.08. The Kier molecular flexibility index (Phi) is 4.61. The third-order valence-corrected chi connectivity index (χ3v) is 2.80. The van der Waals surface area contributed by atoms with E-state index in [1.54, 1.807) is 7.11 Å². The molecule has 2 rings (SSSR count). The molecule has 4 nitrogen and oxygen atoms in total. The zero-order chi connectivity index (χ0) is 13.5. The maximum Gasteiger partial charge on any atom is 0.307 e. The molecule has 0 fully saturated rings. The van der Waals surface area contributed by atoms with Gasteiger partial charge in [-0.2, -0.15) is 0 Å². The second-order valence-corrected chi connectivity index (χ2v) is 4.18. The van der Waals surface area contributed by atoms with Crippen LogP contribution in [-0.2, 0) is 22.7 Å². The van der Waals surface area contributed by atoms with Gasteiger partial charge >= 0.3 is 5.97 Å². The van der Waals surface area contributed by atoms with Crippen LogP contribution in [0.1, 0.15) is 12.0 Å². The molecular weight excluding hydrogens is 242 g/mol. The molecule has 4 heteroatoms. The van der Waals surface area contributed by atoms with Gasteiger partial charge in [-0.15, -0.1) is 0 Å². The molecule has 0 saturated carbocycles. The first-order chi connectivity index (χ1) is 9.28. The highest BCUT2D eigenvalue weighted by Crippen LogP contribution is 2.12. The minimum atomic E-state index is -0.190. The van der Waals surface area contributed by atoms with E-state index in [9.17, 15) is 4.79 Å². The summed E-state index contributed by atoms with van der Waals surface area (Å²) < 4.78 is 12.2. The first kappa shape index (κ1) is 13.2. The van der Waals surface area contributed by atoms with Gasteiger partial charge in [0.15, 0.2) is 0 Å². The summed E-state index contributed by atoms with van der Waals surface area (Å²) in [6.45, 7) is 0.947. The molecule has 0 atom stereocenters. The number of carbonyl (C=O) groups excluding carboxylic acids is 1. The van der Waals surface area contributed by atoms with Gasteiger partial charge < -0.3 is 14.0 Å². The van der Waals surface area contributed by atoms with Crippen LogP contribution in [0.3, 0.4) is 0 Å². The zero-order valence-electron chi connectivity index (χ0n) is 10.9. The molecule has 0 spiro atoms. The first-order valence-corrected chi connectivity index (χ1v) is 6.17. The van der Waals surface area contributed by atoms with Crippen molar-refractivity contribution in [3.63, 3.8) is 0 Å². The largest absolute Gasteiger partial charge is 0.497 e. The highest BCUT2D eigenvalue weighted by Gasteiger charge is 2.03. The van der Waals surface area contributed by atoms with E-state index in [0.29, 0.717) is 19.6 Å². The minimum absolute atomic E-state index is 0.190. The zero-order valence-corrected chi connectivity index (χ0v) is 10.9. The SMILES string of the molecule is COc1ccc(COC(=O)CCn2cccc2)cc1. The number of benzene rings is 1. The second kappa shape index (κ2) is 6.64. The van der Waals surface area contributed by atoms with E-state index < -0.39 is 0 Å². The molecule has 0 N–H and O–H groups in total. The van der Waals surface area contributed by atoms with Crippen molar-refractivity contribution < 1.29 is 14.3 Å². The van der Waals surface area contributed by atoms with Gasteiger partial charge in [0.1, 0.15) is 12.4 Å². The Labute approximate surface area is 112 Å². The van der Waals surface area contributed by atoms with Crippen molar-refractivity contribution in [1.29, 1.82) is 0 Å². The summed E-state index contributed by atoms with van der Waals surface area (Å²) in [5.41, 5.74) is 0.954. The quantitative estimate of drug-likeness (QED) is 0.749. The van der Waals surface area contributed by atoms with E-state index >= 15 is 0 Å². The molecule has 1 aromatic carbocycles. The monoisotopic (exact) mass is 259 g/mol. The second-order valence-electron chi connectivity index (χ2n) is 4.18. The Balaban J connectivity index is 1.73. The maximum atomic E-state index is 11.6. The third-order valence-electron chi connectivity index (χ3n) is 2.80. The molecule has 19 heavy (non-hydrogen) atoms. The van der Waals surface area contributed by atoms with Crippen molar-refractivity contribution in [3.05, 3.63) is 54.4 Å². The van der Waals surface area contributed by atoms with Gasteiger partial charge in [-0.3, -0.25) is 4.79 Å². The number of hydrogen-bond acceptors (Lipinski definition) is 3. The molecule has 100 valence electrons. The van der Waals surface area contributed by atoms with Crippen LogP contribution in [0.15, 0.2) is 48.8 Å². The fraction of sp³-hybridized carbons (Fsp3) is 0.267. The average Bonchev–Trinajstić information content (AvgIpc) is 2.96. The van der Waals surface area contributed by atoms with E-state index in [1.165, 1.54) is 0 Å². The predicted octanol–water partition coefficient (Wildman–Crippen LogP) is 2.63. The third kappa shape index (κ3) is 4.17. The Morgan fingerprint density at radius 1 is 1.16 bits per heavy atom. The van der Waals surface area contributed by atoms with Crippen LogP contribution in [-0.4, -0.2) is 17.6 Å². The summed E-state index contributed by atoms with van der Waals surface area (Å²) in [6.07, 6.45) is 4.23. The lowest BCUT2D eigenvalue weighted by molar-refractivity contribution is -0.145. The molecule has 1 heterocycles. The summed E-state index contributed by atoms with van der Waals surface area (Å²) in [5.74, 6) is 0.604. The average molecular weight is 259 g/mol. The summed E-state index contributed by atoms with van der Waals surface area (Å²) in [4.78, 5) is 11.6. The summed E-state index contributed by atoms with van der Waals surface area (Å²) in [5, 5.41) is 0. The van der Waals surface area contributed by atoms with E-state index in [4.69, 9.17) is 9.47 Å². The Morgan fingerprint density at radius 2 is 1.84 bits per heavy atom. The van der Waals surface area contributed by atoms with E-state index in [-0.39, 0.29) is 5.97 Å². The van der Waals surface area contributed by atoms with Crippen LogP contribution in [0.25, 0.3) is 0 Å². The van der Waals surface area contributed by atoms with Gasteiger partial charge in [0.25, 0.3) is 0 Å². The molecule has 2 aromatic rings. The van der Waals surface area contributed by atoms with Crippen molar-refractivity contribution in [2.75, 3.05) is 7.11 Å². The summed E-state index contributed by atoms with van der Waals surface area (Å²) in [6, 6.07) is 11.3. The molecule has 0 saturated heterocycles. The number of ether oxygens (including phenoxy) is 2. The Hall–Kier alpha value is -2.23. The number of carbonyl (C=O) groups is 1. The number of methoxy groups -OCH3 is 1. The number of nitrogens with zero attached hydrogens (tertiary/aromatic N) is 1. The number of rotatable bonds is 6. The molecular formula is C15H17NO3. The smallest absolute Gasteiger partial charge is 0.307 e. The van der Waals surface area contributed by atoms with Crippen LogP contribution in [0.2, 0.25) is 0 Å². The standard InChI is InChI=1S/C15H17NO3/c1-18-14-6-4-13(5-7-14)12-19-15(17)8-11-16-9-2-3-10-16/h2-7,9-10H,8,11-12H2,1H3. The molecule has 0 amide bonds. The van der Waals surface area contributed by atoms with E-state index in [2.05, 4.69) is 0 Å². The summed E-state index contributed by atoms with van der Waals surface area (Å²) >= 11 is 0. The number of hydrogen-bond donors (Lipinski definition) is 0. The van der Waals surface area contributed by atoms with Crippen molar-refractivity contribution in [2.45, 2.75) is 19.6 Å². The topological polar surface area (TPSA) is 40.5 Å². The number of esters is 1. The van der Waals surface area contributed by atoms with E-state index in [1.807, 2.05) is 53.4 Å². The van der Waals surface area contributed by atoms with Gasteiger partial charge in [0.05, 0.1) is 13.5 Å². The molecule has 0 aliphatic carbocycles. The molecule has 0 bridgehead atoms. The Bertz CT molecular complexity index is 503. The van der Waals surface area contributed by atoms with Crippen molar-refractivity contribution in [2.24, 2.45) is 0 Å². The highest BCUT2D eigenvalue weighted by atomic mass is 16.5. The van der Waals surface area contributed by atoms with Crippen molar-refractivity contribution >= 4 is 5.97 Å². The van der Waals surface area contributed by atoms with Crippen LogP contribution < -0.4 is 4.74 Å². The number of aryl methyl sites for hydroxylation is 1. The molecule has 0 aliphatic rings. The predicted molar refractivity (Wildman–Crippen MR) is 71.8 cm³/mol. The molecule has 0 aliphatic heterocycles. The number of aromatic nitrogens is 1. The fourth-order valence-electron chi connectivity index (χ4n) is 1.70. The van der Waals surface area contributed by atoms with Gasteiger partial charge in [0, 0.05) is 18.9 Å². The minimum Gasteiger partial charge on any atom is -0.497 e. The van der Waals surface area contributed by atoms with Gasteiger partial charge in [-0.1, -0.05) is 12.1 Å². The van der Waals surface area contributed by atoms with Gasteiger partial charge in [-0.25, -0.2) is 0 Å². The van der Waals surface area contributed by atoms with Crippen molar-refractivity contribution in [1.82, 2.24) is 4.57 Å². The Morgan fingerprint density at radius 3 is 2.47 bits per heavy atom. The lowest BCUT2D eigenvalue weighted by Gasteiger charge is -2.06. The van der Waals surface area contributed by atoms with Crippen LogP contribution in [0.4, 0.5) is 0 Å². The van der Waals surface area contributed by atoms with Crippen LogP contribution in [0, 0.1) is 0 Å². The van der Waals surface area contributed by atoms with E-state index in [0.717, 1.165) is 11.3 Å². The van der Waals surface area contributed by atoms with Gasteiger partial charge in [-0.05, 0) is 29.8 Å². The lowest BCUT2D eigenvalue weighted by atomic mass is 10.2. The summed E-state index contributed by atoms with van der Waals surface area (Å²) in [7, 11) is 1.62. The normalized spacial score (nSPS) is 10.2. The first-order valence-electron chi connectivity index (χ1n) is 6.17. The van der Waals surface area contributed by atoms with Crippen LogP contribution >= 0.6 is 0 Å². The van der Waals surface area contributed by atoms with Crippen molar-refractivity contribution in [3.8, 4) is 5.75 Å². The molecule has 0 unspecified atom stereocenters. The molecule has 1 aromatic heterocycles. The maximum absolute atomic E-state index is 11.6. The fourth-order valence-corrected chi connectivity index (χ4v) is 1.70.